The first-order chi connectivity index (χ1) is 14.5. The van der Waals surface area contributed by atoms with Crippen molar-refractivity contribution >= 4 is 17.5 Å². The number of nitrogens with zero attached hydrogens (tertiary/aromatic N) is 1. The van der Waals surface area contributed by atoms with Crippen LogP contribution in [0.5, 0.6) is 0 Å². The van der Waals surface area contributed by atoms with Gasteiger partial charge in [0.1, 0.15) is 5.82 Å². The Morgan fingerprint density at radius 2 is 1.90 bits per heavy atom. The lowest BCUT2D eigenvalue weighted by molar-refractivity contribution is 0.0933. The Labute approximate surface area is 176 Å². The van der Waals surface area contributed by atoms with Crippen molar-refractivity contribution in [3.05, 3.63) is 65.0 Å². The van der Waals surface area contributed by atoms with Crippen LogP contribution < -0.4 is 10.6 Å². The number of rotatable bonds is 8. The molecule has 2 aromatic carbocycles. The van der Waals surface area contributed by atoms with Gasteiger partial charge < -0.3 is 15.4 Å². The molecule has 0 aliphatic carbocycles. The molecule has 7 heteroatoms. The van der Waals surface area contributed by atoms with Gasteiger partial charge in [0.05, 0.1) is 23.4 Å². The van der Waals surface area contributed by atoms with Crippen molar-refractivity contribution in [2.45, 2.75) is 25.8 Å². The number of para-hydroxylation sites is 1. The summed E-state index contributed by atoms with van der Waals surface area (Å²) >= 11 is 0. The summed E-state index contributed by atoms with van der Waals surface area (Å²) in [7, 11) is 1.68. The van der Waals surface area contributed by atoms with E-state index in [2.05, 4.69) is 15.5 Å². The Morgan fingerprint density at radius 3 is 2.67 bits per heavy atom. The van der Waals surface area contributed by atoms with Crippen molar-refractivity contribution in [2.24, 2.45) is 0 Å². The van der Waals surface area contributed by atoms with Crippen molar-refractivity contribution in [3.8, 4) is 0 Å². The van der Waals surface area contributed by atoms with Crippen LogP contribution in [0.1, 0.15) is 39.1 Å². The van der Waals surface area contributed by atoms with E-state index in [1.165, 1.54) is 18.2 Å². The van der Waals surface area contributed by atoms with Gasteiger partial charge in [-0.1, -0.05) is 24.3 Å². The number of carbonyl (C=O) groups is 2. The van der Waals surface area contributed by atoms with Gasteiger partial charge in [0.15, 0.2) is 0 Å². The molecular weight excluding hydrogens is 385 g/mol. The SMILES string of the molecule is COCCN1CCCC1CNC(=O)c1cccc(C)c1NC(=O)c1ccccc1F. The van der Waals surface area contributed by atoms with Crippen LogP contribution in [-0.2, 0) is 4.74 Å². The van der Waals surface area contributed by atoms with Crippen LogP contribution in [0, 0.1) is 12.7 Å². The maximum atomic E-state index is 14.0. The van der Waals surface area contributed by atoms with E-state index in [1.807, 2.05) is 0 Å². The minimum absolute atomic E-state index is 0.0631. The molecule has 0 bridgehead atoms. The minimum Gasteiger partial charge on any atom is -0.383 e. The molecule has 160 valence electrons. The van der Waals surface area contributed by atoms with E-state index in [9.17, 15) is 14.0 Å². The van der Waals surface area contributed by atoms with Gasteiger partial charge in [-0.3, -0.25) is 14.5 Å². The van der Waals surface area contributed by atoms with Gasteiger partial charge in [-0.15, -0.1) is 0 Å². The first kappa shape index (κ1) is 21.9. The molecule has 2 aromatic rings. The van der Waals surface area contributed by atoms with Gasteiger partial charge in [0.2, 0.25) is 0 Å². The van der Waals surface area contributed by atoms with E-state index in [0.29, 0.717) is 24.4 Å². The fourth-order valence-electron chi connectivity index (χ4n) is 3.78. The Balaban J connectivity index is 1.70. The van der Waals surface area contributed by atoms with Crippen LogP contribution in [0.4, 0.5) is 10.1 Å². The highest BCUT2D eigenvalue weighted by atomic mass is 19.1. The third-order valence-electron chi connectivity index (χ3n) is 5.45. The van der Waals surface area contributed by atoms with Gasteiger partial charge in [-0.2, -0.15) is 0 Å². The lowest BCUT2D eigenvalue weighted by atomic mass is 10.1. The van der Waals surface area contributed by atoms with Gasteiger partial charge in [-0.25, -0.2) is 4.39 Å². The number of anilines is 1. The zero-order valence-corrected chi connectivity index (χ0v) is 17.4. The van der Waals surface area contributed by atoms with Crippen LogP contribution >= 0.6 is 0 Å². The molecule has 6 nitrogen and oxygen atoms in total. The molecule has 1 aliphatic heterocycles. The molecule has 0 spiro atoms. The van der Waals surface area contributed by atoms with Gasteiger partial charge in [0, 0.05) is 26.2 Å². The highest BCUT2D eigenvalue weighted by molar-refractivity contribution is 6.09. The lowest BCUT2D eigenvalue weighted by Crippen LogP contribution is -2.41. The first-order valence-corrected chi connectivity index (χ1v) is 10.2. The number of nitrogens with one attached hydrogen (secondary N) is 2. The van der Waals surface area contributed by atoms with Crippen molar-refractivity contribution < 1.29 is 18.7 Å². The summed E-state index contributed by atoms with van der Waals surface area (Å²) < 4.78 is 19.1. The number of hydrogen-bond acceptors (Lipinski definition) is 4. The fraction of sp³-hybridized carbons (Fsp3) is 0.391. The third-order valence-corrected chi connectivity index (χ3v) is 5.45. The second kappa shape index (κ2) is 10.3. The van der Waals surface area contributed by atoms with E-state index >= 15 is 0 Å². The molecule has 0 aromatic heterocycles. The summed E-state index contributed by atoms with van der Waals surface area (Å²) in [6, 6.07) is 11.3. The standard InChI is InChI=1S/C23H28FN3O3/c1-16-7-5-10-19(21(16)26-23(29)18-9-3-4-11-20(18)24)22(28)25-15-17-8-6-12-27(17)13-14-30-2/h3-5,7,9-11,17H,6,8,12-15H2,1-2H3,(H,25,28)(H,26,29). The summed E-state index contributed by atoms with van der Waals surface area (Å²) in [5, 5.41) is 5.71. The van der Waals surface area contributed by atoms with Gasteiger partial charge >= 0.3 is 0 Å². The Kier molecular flexibility index (Phi) is 7.54. The monoisotopic (exact) mass is 413 g/mol. The number of methoxy groups -OCH3 is 1. The molecule has 1 fully saturated rings. The molecule has 2 N–H and O–H groups in total. The first-order valence-electron chi connectivity index (χ1n) is 10.2. The van der Waals surface area contributed by atoms with Crippen molar-refractivity contribution in [1.29, 1.82) is 0 Å². The molecule has 1 heterocycles. The van der Waals surface area contributed by atoms with Crippen molar-refractivity contribution in [3.63, 3.8) is 0 Å². The molecular formula is C23H28FN3O3. The van der Waals surface area contributed by atoms with E-state index in [0.717, 1.165) is 31.5 Å². The minimum atomic E-state index is -0.605. The number of carbonyl (C=O) groups excluding carboxylic acids is 2. The average molecular weight is 413 g/mol. The van der Waals surface area contributed by atoms with Crippen molar-refractivity contribution in [1.82, 2.24) is 10.2 Å². The Hall–Kier alpha value is -2.77. The molecule has 0 saturated carbocycles. The van der Waals surface area contributed by atoms with Crippen LogP contribution in [0.15, 0.2) is 42.5 Å². The predicted octanol–water partition coefficient (Wildman–Crippen LogP) is 3.23. The summed E-state index contributed by atoms with van der Waals surface area (Å²) in [6.45, 7) is 4.83. The summed E-state index contributed by atoms with van der Waals surface area (Å²) in [6.07, 6.45) is 2.12. The summed E-state index contributed by atoms with van der Waals surface area (Å²) in [5.41, 5.74) is 1.42. The maximum absolute atomic E-state index is 14.0. The van der Waals surface area contributed by atoms with Gasteiger partial charge in [0.25, 0.3) is 11.8 Å². The molecule has 1 aliphatic rings. The zero-order valence-electron chi connectivity index (χ0n) is 17.4. The molecule has 1 unspecified atom stereocenters. The number of likely N-dealkylation sites (tertiary alicyclic amines) is 1. The number of amides is 2. The van der Waals surface area contributed by atoms with Gasteiger partial charge in [-0.05, 0) is 50.1 Å². The molecule has 30 heavy (non-hydrogen) atoms. The molecule has 1 saturated heterocycles. The Bertz CT molecular complexity index is 903. The maximum Gasteiger partial charge on any atom is 0.258 e. The fourth-order valence-corrected chi connectivity index (χ4v) is 3.78. The largest absolute Gasteiger partial charge is 0.383 e. The lowest BCUT2D eigenvalue weighted by Gasteiger charge is -2.24. The van der Waals surface area contributed by atoms with E-state index in [-0.39, 0.29) is 17.5 Å². The molecule has 3 rings (SSSR count). The molecule has 1 atom stereocenters. The number of benzene rings is 2. The highest BCUT2D eigenvalue weighted by Gasteiger charge is 2.25. The van der Waals surface area contributed by atoms with Crippen LogP contribution in [0.25, 0.3) is 0 Å². The number of aryl methyl sites for hydroxylation is 1. The van der Waals surface area contributed by atoms with Crippen molar-refractivity contribution in [2.75, 3.05) is 38.7 Å². The molecule has 0 radical (unpaired) electrons. The predicted molar refractivity (Wildman–Crippen MR) is 114 cm³/mol. The highest BCUT2D eigenvalue weighted by Crippen LogP contribution is 2.23. The summed E-state index contributed by atoms with van der Waals surface area (Å²) in [5.74, 6) is -1.45. The normalized spacial score (nSPS) is 16.4. The summed E-state index contributed by atoms with van der Waals surface area (Å²) in [4.78, 5) is 27.8. The quantitative estimate of drug-likeness (QED) is 0.697. The second-order valence-corrected chi connectivity index (χ2v) is 7.47. The smallest absolute Gasteiger partial charge is 0.258 e. The molecule has 2 amide bonds. The second-order valence-electron chi connectivity index (χ2n) is 7.47. The zero-order chi connectivity index (χ0) is 21.5. The topological polar surface area (TPSA) is 70.7 Å². The third kappa shape index (κ3) is 5.23. The Morgan fingerprint density at radius 1 is 1.13 bits per heavy atom. The number of hydrogen-bond donors (Lipinski definition) is 2. The number of halogens is 1. The van der Waals surface area contributed by atoms with E-state index in [4.69, 9.17) is 4.74 Å². The van der Waals surface area contributed by atoms with Crippen LogP contribution in [0.3, 0.4) is 0 Å². The number of ether oxygens (including phenoxy) is 1. The van der Waals surface area contributed by atoms with Crippen LogP contribution in [0.2, 0.25) is 0 Å². The van der Waals surface area contributed by atoms with E-state index < -0.39 is 11.7 Å². The van der Waals surface area contributed by atoms with E-state index in [1.54, 1.807) is 38.3 Å². The average Bonchev–Trinajstić information content (AvgIpc) is 3.19. The van der Waals surface area contributed by atoms with Crippen LogP contribution in [-0.4, -0.2) is 56.1 Å².